The predicted molar refractivity (Wildman–Crippen MR) is 153 cm³/mol. The van der Waals surface area contributed by atoms with Gasteiger partial charge < -0.3 is 19.4 Å². The van der Waals surface area contributed by atoms with E-state index in [1.54, 1.807) is 109 Å². The maximum absolute atomic E-state index is 13.1. The van der Waals surface area contributed by atoms with E-state index in [9.17, 15) is 28.9 Å². The van der Waals surface area contributed by atoms with Crippen molar-refractivity contribution in [2.45, 2.75) is 0 Å². The number of hydrogen-bond donors (Lipinski definition) is 4. The van der Waals surface area contributed by atoms with E-state index in [0.29, 0.717) is 22.3 Å². The maximum Gasteiger partial charge on any atom is 0.536 e. The van der Waals surface area contributed by atoms with Crippen LogP contribution in [0.4, 0.5) is 0 Å². The van der Waals surface area contributed by atoms with Gasteiger partial charge in [0.15, 0.2) is 0 Å². The monoisotopic (exact) mass is 574 g/mol. The molecule has 1 unspecified atom stereocenters. The van der Waals surface area contributed by atoms with Gasteiger partial charge in [0.1, 0.15) is 11.5 Å². The van der Waals surface area contributed by atoms with Crippen molar-refractivity contribution in [3.63, 3.8) is 0 Å². The lowest BCUT2D eigenvalue weighted by atomic mass is 9.83. The molecule has 0 fully saturated rings. The van der Waals surface area contributed by atoms with Crippen LogP contribution in [0, 0.1) is 0 Å². The molecule has 40 heavy (non-hydrogen) atoms. The van der Waals surface area contributed by atoms with E-state index in [1.807, 2.05) is 12.1 Å². The molecule has 0 aromatic heterocycles. The maximum atomic E-state index is 13.1. The Morgan fingerprint density at radius 3 is 1.07 bits per heavy atom. The second-order valence-electron chi connectivity index (χ2n) is 8.77. The van der Waals surface area contributed by atoms with E-state index in [4.69, 9.17) is 4.52 Å². The van der Waals surface area contributed by atoms with Crippen LogP contribution in [0.5, 0.6) is 11.5 Å². The van der Waals surface area contributed by atoms with Crippen molar-refractivity contribution in [1.29, 1.82) is 0 Å². The molecule has 0 bridgehead atoms. The molecule has 0 radical (unpaired) electrons. The highest BCUT2D eigenvalue weighted by molar-refractivity contribution is 7.60. The van der Waals surface area contributed by atoms with Crippen LogP contribution in [-0.2, 0) is 13.4 Å². The van der Waals surface area contributed by atoms with Gasteiger partial charge in [-0.2, -0.15) is 4.31 Å². The number of phenols is 1. The summed E-state index contributed by atoms with van der Waals surface area (Å²) in [6, 6.07) is 35.4. The van der Waals surface area contributed by atoms with Gasteiger partial charge >= 0.3 is 15.6 Å². The van der Waals surface area contributed by atoms with Crippen molar-refractivity contribution < 1.29 is 37.8 Å². The van der Waals surface area contributed by atoms with Crippen LogP contribution in [0.2, 0.25) is 0 Å². The first kappa shape index (κ1) is 27.6. The quantitative estimate of drug-likeness (QED) is 0.139. The summed E-state index contributed by atoms with van der Waals surface area (Å²) in [4.78, 5) is 29.3. The van der Waals surface area contributed by atoms with Gasteiger partial charge in [-0.15, -0.1) is 0 Å². The van der Waals surface area contributed by atoms with Crippen LogP contribution in [0.1, 0.15) is 0 Å². The zero-order valence-corrected chi connectivity index (χ0v) is 22.7. The van der Waals surface area contributed by atoms with Crippen molar-refractivity contribution >= 4 is 15.6 Å². The third-order valence-electron chi connectivity index (χ3n) is 6.09. The fourth-order valence-corrected chi connectivity index (χ4v) is 6.23. The van der Waals surface area contributed by atoms with Crippen LogP contribution in [0.25, 0.3) is 44.5 Å². The first-order chi connectivity index (χ1) is 19.1. The third kappa shape index (κ3) is 5.93. The van der Waals surface area contributed by atoms with Gasteiger partial charge in [0, 0.05) is 22.3 Å². The highest BCUT2D eigenvalue weighted by Gasteiger charge is 2.38. The molecule has 5 aromatic carbocycles. The van der Waals surface area contributed by atoms with E-state index in [2.05, 4.69) is 4.31 Å². The Hall–Kier alpha value is -4.00. The van der Waals surface area contributed by atoms with Gasteiger partial charge in [0.05, 0.1) is 0 Å². The zero-order valence-electron chi connectivity index (χ0n) is 20.9. The number of benzene rings is 5. The Balaban J connectivity index is 2.00. The second kappa shape index (κ2) is 11.2. The van der Waals surface area contributed by atoms with E-state index >= 15 is 0 Å². The van der Waals surface area contributed by atoms with Crippen molar-refractivity contribution in [2.75, 3.05) is 0 Å². The lowest BCUT2D eigenvalue weighted by Crippen LogP contribution is -2.03. The number of phenolic OH excluding ortho intramolecular Hbond substituents is 1. The minimum absolute atomic E-state index is 0.119. The van der Waals surface area contributed by atoms with Crippen LogP contribution < -0.4 is 4.52 Å². The topological polar surface area (TPSA) is 134 Å². The number of hydrogen-bond acceptors (Lipinski definition) is 5. The number of phosphoric acid groups is 2. The first-order valence-electron chi connectivity index (χ1n) is 12.1. The fourth-order valence-electron chi connectivity index (χ4n) is 4.60. The Morgan fingerprint density at radius 1 is 0.475 bits per heavy atom. The Bertz CT molecular complexity index is 1620. The molecule has 1 atom stereocenters. The van der Waals surface area contributed by atoms with E-state index in [1.165, 1.54) is 0 Å². The molecule has 0 aliphatic rings. The van der Waals surface area contributed by atoms with Gasteiger partial charge in [-0.05, 0) is 22.3 Å². The van der Waals surface area contributed by atoms with Gasteiger partial charge in [0.2, 0.25) is 0 Å². The SMILES string of the molecule is O=P(O)(O)OP(=O)(O)Oc1c(-c2ccccc2)c(-c2ccccc2)c(O)c(-c2ccccc2)c1-c1ccccc1. The highest BCUT2D eigenvalue weighted by Crippen LogP contribution is 2.62. The molecule has 8 nitrogen and oxygen atoms in total. The van der Waals surface area contributed by atoms with Gasteiger partial charge in [-0.1, -0.05) is 121 Å². The lowest BCUT2D eigenvalue weighted by Gasteiger charge is -2.26. The smallest absolute Gasteiger partial charge is 0.507 e. The summed E-state index contributed by atoms with van der Waals surface area (Å²) in [7, 11) is -10.8. The molecule has 0 aliphatic heterocycles. The molecule has 0 saturated carbocycles. The molecule has 5 aromatic rings. The predicted octanol–water partition coefficient (Wildman–Crippen LogP) is 7.65. The summed E-state index contributed by atoms with van der Waals surface area (Å²) < 4.78 is 34.5. The van der Waals surface area contributed by atoms with E-state index < -0.39 is 15.6 Å². The van der Waals surface area contributed by atoms with Crippen molar-refractivity contribution in [3.05, 3.63) is 121 Å². The summed E-state index contributed by atoms with van der Waals surface area (Å²) in [5.41, 5.74) is 3.21. The Kier molecular flexibility index (Phi) is 7.74. The molecular weight excluding hydrogens is 550 g/mol. The summed E-state index contributed by atoms with van der Waals surface area (Å²) in [6.07, 6.45) is 0. The van der Waals surface area contributed by atoms with Gasteiger partial charge in [-0.25, -0.2) is 9.13 Å². The largest absolute Gasteiger partial charge is 0.536 e. The minimum Gasteiger partial charge on any atom is -0.507 e. The lowest BCUT2D eigenvalue weighted by molar-refractivity contribution is 0.230. The molecule has 202 valence electrons. The average molecular weight is 574 g/mol. The second-order valence-corrected chi connectivity index (χ2v) is 11.5. The van der Waals surface area contributed by atoms with Crippen molar-refractivity contribution in [2.24, 2.45) is 0 Å². The van der Waals surface area contributed by atoms with Crippen LogP contribution in [-0.4, -0.2) is 19.8 Å². The van der Waals surface area contributed by atoms with Gasteiger partial charge in [-0.3, -0.25) is 4.89 Å². The summed E-state index contributed by atoms with van der Waals surface area (Å²) in [5, 5.41) is 12.0. The summed E-state index contributed by atoms with van der Waals surface area (Å²) in [5.74, 6) is -0.321. The standard InChI is InChI=1S/C30H24O8P2/c31-29-25(21-13-5-1-6-14-21)27(23-17-9-3-10-18-23)30(37-40(35,36)38-39(32,33)34)28(24-19-11-4-12-20-24)26(29)22-15-7-2-8-16-22/h1-20,31H,(H,35,36)(H2,32,33,34). The van der Waals surface area contributed by atoms with Crippen LogP contribution in [0.3, 0.4) is 0 Å². The highest BCUT2D eigenvalue weighted by atomic mass is 31.3. The average Bonchev–Trinajstić information content (AvgIpc) is 2.94. The normalized spacial score (nSPS) is 13.0. The Labute approximate surface area is 230 Å². The van der Waals surface area contributed by atoms with Crippen molar-refractivity contribution in [1.82, 2.24) is 0 Å². The number of rotatable bonds is 8. The molecule has 0 heterocycles. The van der Waals surface area contributed by atoms with Crippen LogP contribution >= 0.6 is 15.6 Å². The summed E-state index contributed by atoms with van der Waals surface area (Å²) in [6.45, 7) is 0. The van der Waals surface area contributed by atoms with Gasteiger partial charge in [0.25, 0.3) is 0 Å². The molecular formula is C30H24O8P2. The number of aromatic hydroxyl groups is 1. The third-order valence-corrected chi connectivity index (χ3v) is 8.18. The van der Waals surface area contributed by atoms with E-state index in [0.717, 1.165) is 0 Å². The molecule has 4 N–H and O–H groups in total. The molecule has 10 heteroatoms. The fraction of sp³-hybridized carbons (Fsp3) is 0. The first-order valence-corrected chi connectivity index (χ1v) is 15.1. The molecule has 0 amide bonds. The van der Waals surface area contributed by atoms with Crippen molar-refractivity contribution in [3.8, 4) is 56.0 Å². The minimum atomic E-state index is -5.44. The van der Waals surface area contributed by atoms with E-state index in [-0.39, 0.29) is 33.8 Å². The zero-order chi connectivity index (χ0) is 28.3. The molecule has 5 rings (SSSR count). The number of phosphoric ester groups is 1. The summed E-state index contributed by atoms with van der Waals surface area (Å²) >= 11 is 0. The Morgan fingerprint density at radius 2 is 0.775 bits per heavy atom. The molecule has 0 aliphatic carbocycles. The molecule has 0 spiro atoms. The van der Waals surface area contributed by atoms with Crippen LogP contribution in [0.15, 0.2) is 121 Å². The molecule has 0 saturated heterocycles.